The Hall–Kier alpha value is -1.68. The smallest absolute Gasteiger partial charge is 0.241 e. The molecule has 0 radical (unpaired) electrons. The molecule has 118 valence electrons. The molecule has 1 unspecified atom stereocenters. The van der Waals surface area contributed by atoms with Crippen molar-refractivity contribution < 1.29 is 17.9 Å². The summed E-state index contributed by atoms with van der Waals surface area (Å²) in [6, 6.07) is 4.95. The number of carbonyl (C=O) groups is 1. The Morgan fingerprint density at radius 1 is 1.33 bits per heavy atom. The second kappa shape index (κ2) is 7.93. The lowest BCUT2D eigenvalue weighted by molar-refractivity contribution is -0.122. The minimum atomic E-state index is -3.77. The van der Waals surface area contributed by atoms with E-state index in [0.717, 1.165) is 0 Å². The van der Waals surface area contributed by atoms with Gasteiger partial charge in [-0.05, 0) is 31.2 Å². The van der Waals surface area contributed by atoms with Crippen LogP contribution in [0.1, 0.15) is 6.92 Å². The van der Waals surface area contributed by atoms with Crippen LogP contribution in [0.25, 0.3) is 0 Å². The van der Waals surface area contributed by atoms with Crippen LogP contribution in [0.4, 0.5) is 5.69 Å². The summed E-state index contributed by atoms with van der Waals surface area (Å²) in [5, 5.41) is 2.56. The zero-order valence-electron chi connectivity index (χ0n) is 11.9. The van der Waals surface area contributed by atoms with Crippen molar-refractivity contribution in [2.75, 3.05) is 25.7 Å². The molecule has 0 fully saturated rings. The number of amides is 1. The fourth-order valence-electron chi connectivity index (χ4n) is 1.51. The van der Waals surface area contributed by atoms with E-state index in [4.69, 9.17) is 10.6 Å². The number of sulfonamides is 1. The second-order valence-electron chi connectivity index (χ2n) is 4.30. The average molecular weight is 316 g/mol. The highest BCUT2D eigenvalue weighted by molar-refractivity contribution is 7.89. The molecule has 9 heteroatoms. The molecule has 8 nitrogen and oxygen atoms in total. The first-order valence-corrected chi connectivity index (χ1v) is 7.74. The molecule has 0 aliphatic heterocycles. The van der Waals surface area contributed by atoms with Gasteiger partial charge in [0, 0.05) is 19.3 Å². The SMILES string of the molecule is COCCNC(=O)C(C)NS(=O)(=O)c1ccc(NN)cc1. The van der Waals surface area contributed by atoms with Crippen molar-refractivity contribution in [3.05, 3.63) is 24.3 Å². The van der Waals surface area contributed by atoms with Gasteiger partial charge in [-0.15, -0.1) is 0 Å². The molecular formula is C12H20N4O4S. The number of hydrogen-bond acceptors (Lipinski definition) is 6. The third-order valence-corrected chi connectivity index (χ3v) is 4.22. The average Bonchev–Trinajstić information content (AvgIpc) is 2.47. The highest BCUT2D eigenvalue weighted by Crippen LogP contribution is 2.13. The minimum absolute atomic E-state index is 0.0537. The van der Waals surface area contributed by atoms with Crippen LogP contribution < -0.4 is 21.3 Å². The molecule has 1 rings (SSSR count). The summed E-state index contributed by atoms with van der Waals surface area (Å²) in [7, 11) is -2.26. The van der Waals surface area contributed by atoms with Crippen molar-refractivity contribution in [2.45, 2.75) is 17.9 Å². The van der Waals surface area contributed by atoms with Crippen molar-refractivity contribution in [1.29, 1.82) is 0 Å². The van der Waals surface area contributed by atoms with Gasteiger partial charge in [0.15, 0.2) is 0 Å². The monoisotopic (exact) mass is 316 g/mol. The summed E-state index contributed by atoms with van der Waals surface area (Å²) in [6.45, 7) is 2.15. The van der Waals surface area contributed by atoms with Gasteiger partial charge in [-0.25, -0.2) is 8.42 Å². The molecule has 1 amide bonds. The van der Waals surface area contributed by atoms with Crippen LogP contribution in [0, 0.1) is 0 Å². The van der Waals surface area contributed by atoms with Gasteiger partial charge < -0.3 is 15.5 Å². The Balaban J connectivity index is 2.68. The highest BCUT2D eigenvalue weighted by atomic mass is 32.2. The lowest BCUT2D eigenvalue weighted by Crippen LogP contribution is -2.45. The van der Waals surface area contributed by atoms with Crippen LogP contribution in [0.2, 0.25) is 0 Å². The molecule has 0 heterocycles. The van der Waals surface area contributed by atoms with Gasteiger partial charge in [-0.3, -0.25) is 10.6 Å². The number of anilines is 1. The molecule has 1 aromatic rings. The van der Waals surface area contributed by atoms with Gasteiger partial charge in [0.1, 0.15) is 0 Å². The number of rotatable bonds is 8. The molecular weight excluding hydrogens is 296 g/mol. The van der Waals surface area contributed by atoms with Crippen LogP contribution in [0.5, 0.6) is 0 Å². The largest absolute Gasteiger partial charge is 0.383 e. The van der Waals surface area contributed by atoms with E-state index in [1.54, 1.807) is 0 Å². The number of methoxy groups -OCH3 is 1. The topological polar surface area (TPSA) is 123 Å². The molecule has 5 N–H and O–H groups in total. The van der Waals surface area contributed by atoms with E-state index in [1.165, 1.54) is 38.3 Å². The van der Waals surface area contributed by atoms with Gasteiger partial charge in [0.05, 0.1) is 17.5 Å². The Morgan fingerprint density at radius 2 is 1.95 bits per heavy atom. The maximum Gasteiger partial charge on any atom is 0.241 e. The lowest BCUT2D eigenvalue weighted by Gasteiger charge is -2.14. The van der Waals surface area contributed by atoms with E-state index in [0.29, 0.717) is 18.8 Å². The molecule has 0 bridgehead atoms. The van der Waals surface area contributed by atoms with E-state index in [1.807, 2.05) is 0 Å². The fourth-order valence-corrected chi connectivity index (χ4v) is 2.72. The van der Waals surface area contributed by atoms with Gasteiger partial charge in [-0.2, -0.15) is 4.72 Å². The zero-order valence-corrected chi connectivity index (χ0v) is 12.7. The first-order chi connectivity index (χ1) is 9.90. The summed E-state index contributed by atoms with van der Waals surface area (Å²) in [5.74, 6) is 4.79. The van der Waals surface area contributed by atoms with Gasteiger partial charge in [0.2, 0.25) is 15.9 Å². The second-order valence-corrected chi connectivity index (χ2v) is 6.01. The zero-order chi connectivity index (χ0) is 15.9. The molecule has 0 aliphatic rings. The quantitative estimate of drug-likeness (QED) is 0.289. The Morgan fingerprint density at radius 3 is 2.48 bits per heavy atom. The Labute approximate surface area is 124 Å². The summed E-state index contributed by atoms with van der Waals surface area (Å²) in [5.41, 5.74) is 2.98. The van der Waals surface area contributed by atoms with E-state index >= 15 is 0 Å². The first kappa shape index (κ1) is 17.4. The van der Waals surface area contributed by atoms with Gasteiger partial charge >= 0.3 is 0 Å². The van der Waals surface area contributed by atoms with E-state index < -0.39 is 22.0 Å². The predicted molar refractivity (Wildman–Crippen MR) is 78.9 cm³/mol. The molecule has 0 saturated carbocycles. The minimum Gasteiger partial charge on any atom is -0.383 e. The normalized spacial score (nSPS) is 12.7. The summed E-state index contributed by atoms with van der Waals surface area (Å²) in [4.78, 5) is 11.8. The summed E-state index contributed by atoms with van der Waals surface area (Å²) >= 11 is 0. The Kier molecular flexibility index (Phi) is 6.56. The maximum atomic E-state index is 12.1. The number of benzene rings is 1. The van der Waals surface area contributed by atoms with Crippen LogP contribution in [0.3, 0.4) is 0 Å². The molecule has 21 heavy (non-hydrogen) atoms. The van der Waals surface area contributed by atoms with E-state index in [-0.39, 0.29) is 4.90 Å². The molecule has 1 aromatic carbocycles. The molecule has 0 spiro atoms. The number of nitrogens with two attached hydrogens (primary N) is 1. The third-order valence-electron chi connectivity index (χ3n) is 2.66. The standard InChI is InChI=1S/C12H20N4O4S/c1-9(12(17)14-7-8-20-2)16-21(18,19)11-5-3-10(15-13)4-6-11/h3-6,9,15-16H,7-8,13H2,1-2H3,(H,14,17). The van der Waals surface area contributed by atoms with Crippen LogP contribution in [0.15, 0.2) is 29.2 Å². The van der Waals surface area contributed by atoms with Crippen LogP contribution in [-0.4, -0.2) is 40.6 Å². The van der Waals surface area contributed by atoms with Crippen molar-refractivity contribution in [2.24, 2.45) is 5.84 Å². The van der Waals surface area contributed by atoms with Crippen LogP contribution >= 0.6 is 0 Å². The molecule has 1 atom stereocenters. The molecule has 0 aliphatic carbocycles. The van der Waals surface area contributed by atoms with Crippen molar-refractivity contribution >= 4 is 21.6 Å². The molecule has 0 saturated heterocycles. The summed E-state index contributed by atoms with van der Waals surface area (Å²) in [6.07, 6.45) is 0. The number of carbonyl (C=O) groups excluding carboxylic acids is 1. The number of ether oxygens (including phenoxy) is 1. The van der Waals surface area contributed by atoms with Crippen molar-refractivity contribution in [1.82, 2.24) is 10.0 Å². The third kappa shape index (κ3) is 5.31. The Bertz CT molecular complexity index is 559. The van der Waals surface area contributed by atoms with E-state index in [9.17, 15) is 13.2 Å². The van der Waals surface area contributed by atoms with Crippen molar-refractivity contribution in [3.8, 4) is 0 Å². The van der Waals surface area contributed by atoms with Gasteiger partial charge in [-0.1, -0.05) is 0 Å². The highest BCUT2D eigenvalue weighted by Gasteiger charge is 2.21. The first-order valence-electron chi connectivity index (χ1n) is 6.26. The van der Waals surface area contributed by atoms with E-state index in [2.05, 4.69) is 15.5 Å². The lowest BCUT2D eigenvalue weighted by atomic mass is 10.3. The fraction of sp³-hybridized carbons (Fsp3) is 0.417. The van der Waals surface area contributed by atoms with Gasteiger partial charge in [0.25, 0.3) is 0 Å². The van der Waals surface area contributed by atoms with Crippen LogP contribution in [-0.2, 0) is 19.6 Å². The summed E-state index contributed by atoms with van der Waals surface area (Å²) < 4.78 is 31.3. The maximum absolute atomic E-state index is 12.1. The van der Waals surface area contributed by atoms with Crippen molar-refractivity contribution in [3.63, 3.8) is 0 Å². The number of nitrogens with one attached hydrogen (secondary N) is 3. The molecule has 0 aromatic heterocycles. The number of nitrogen functional groups attached to an aromatic ring is 1. The number of hydrogen-bond donors (Lipinski definition) is 4. The predicted octanol–water partition coefficient (Wildman–Crippen LogP) is -0.598. The number of hydrazine groups is 1.